The summed E-state index contributed by atoms with van der Waals surface area (Å²) in [5.41, 5.74) is 2.49. The van der Waals surface area contributed by atoms with Crippen molar-refractivity contribution in [3.8, 4) is 0 Å². The first kappa shape index (κ1) is 13.3. The molecule has 1 fully saturated rings. The summed E-state index contributed by atoms with van der Waals surface area (Å²) in [6, 6.07) is 0. The van der Waals surface area contributed by atoms with Crippen LogP contribution in [0.2, 0.25) is 0 Å². The van der Waals surface area contributed by atoms with Crippen LogP contribution in [0.4, 0.5) is 5.82 Å². The summed E-state index contributed by atoms with van der Waals surface area (Å²) in [4.78, 5) is 22.9. The van der Waals surface area contributed by atoms with Crippen molar-refractivity contribution in [2.75, 3.05) is 25.1 Å². The van der Waals surface area contributed by atoms with E-state index in [0.717, 1.165) is 44.6 Å². The molecule has 1 aromatic heterocycles. The number of carbonyl (C=O) groups excluding carboxylic acids is 1. The van der Waals surface area contributed by atoms with Crippen molar-refractivity contribution in [1.82, 2.24) is 9.97 Å². The third-order valence-electron chi connectivity index (χ3n) is 4.36. The molecule has 0 spiro atoms. The Balaban J connectivity index is 1.83. The average molecular weight is 275 g/mol. The maximum absolute atomic E-state index is 11.8. The predicted molar refractivity (Wildman–Crippen MR) is 75.6 cm³/mol. The van der Waals surface area contributed by atoms with Gasteiger partial charge < -0.3 is 9.64 Å². The Morgan fingerprint density at radius 3 is 3.00 bits per heavy atom. The van der Waals surface area contributed by atoms with Crippen LogP contribution >= 0.6 is 0 Å². The number of hydrogen-bond donors (Lipinski definition) is 0. The van der Waals surface area contributed by atoms with Crippen LogP contribution < -0.4 is 4.90 Å². The molecule has 2 heterocycles. The zero-order valence-electron chi connectivity index (χ0n) is 12.0. The van der Waals surface area contributed by atoms with E-state index >= 15 is 0 Å². The van der Waals surface area contributed by atoms with Gasteiger partial charge in [-0.25, -0.2) is 9.97 Å². The van der Waals surface area contributed by atoms with Crippen LogP contribution in [0, 0.1) is 5.92 Å². The Kier molecular flexibility index (Phi) is 3.85. The Hall–Kier alpha value is -1.65. The van der Waals surface area contributed by atoms with Crippen molar-refractivity contribution in [3.63, 3.8) is 0 Å². The summed E-state index contributed by atoms with van der Waals surface area (Å²) in [6.07, 6.45) is 8.14. The Morgan fingerprint density at radius 1 is 1.30 bits per heavy atom. The highest BCUT2D eigenvalue weighted by Gasteiger charge is 2.29. The van der Waals surface area contributed by atoms with Crippen LogP contribution in [0.3, 0.4) is 0 Å². The highest BCUT2D eigenvalue weighted by molar-refractivity contribution is 5.73. The number of aryl methyl sites for hydroxylation is 1. The van der Waals surface area contributed by atoms with E-state index in [-0.39, 0.29) is 11.9 Å². The van der Waals surface area contributed by atoms with Gasteiger partial charge in [-0.2, -0.15) is 0 Å². The third kappa shape index (κ3) is 2.49. The van der Waals surface area contributed by atoms with Gasteiger partial charge in [0.15, 0.2) is 0 Å². The van der Waals surface area contributed by atoms with Crippen LogP contribution in [-0.2, 0) is 22.4 Å². The molecule has 0 saturated carbocycles. The number of ether oxygens (including phenoxy) is 1. The van der Waals surface area contributed by atoms with E-state index in [0.29, 0.717) is 0 Å². The van der Waals surface area contributed by atoms with E-state index in [1.807, 2.05) is 0 Å². The number of methoxy groups -OCH3 is 1. The lowest BCUT2D eigenvalue weighted by atomic mass is 9.94. The summed E-state index contributed by atoms with van der Waals surface area (Å²) in [6.45, 7) is 1.69. The van der Waals surface area contributed by atoms with E-state index in [2.05, 4.69) is 14.9 Å². The maximum Gasteiger partial charge on any atom is 0.310 e. The van der Waals surface area contributed by atoms with Gasteiger partial charge >= 0.3 is 5.97 Å². The lowest BCUT2D eigenvalue weighted by Gasteiger charge is -2.34. The maximum atomic E-state index is 11.8. The zero-order chi connectivity index (χ0) is 13.9. The van der Waals surface area contributed by atoms with Crippen molar-refractivity contribution in [3.05, 3.63) is 17.6 Å². The van der Waals surface area contributed by atoms with Gasteiger partial charge in [-0.3, -0.25) is 4.79 Å². The number of hydrogen-bond acceptors (Lipinski definition) is 5. The van der Waals surface area contributed by atoms with Crippen LogP contribution in [-0.4, -0.2) is 36.1 Å². The number of nitrogens with zero attached hydrogens (tertiary/aromatic N) is 3. The normalized spacial score (nSPS) is 22.2. The lowest BCUT2D eigenvalue weighted by molar-refractivity contribution is -0.145. The monoisotopic (exact) mass is 275 g/mol. The fourth-order valence-electron chi connectivity index (χ4n) is 3.30. The molecule has 1 aliphatic carbocycles. The van der Waals surface area contributed by atoms with Crippen molar-refractivity contribution >= 4 is 11.8 Å². The van der Waals surface area contributed by atoms with Gasteiger partial charge in [-0.1, -0.05) is 0 Å². The van der Waals surface area contributed by atoms with Gasteiger partial charge in [-0.15, -0.1) is 0 Å². The molecule has 108 valence electrons. The van der Waals surface area contributed by atoms with E-state index in [1.165, 1.54) is 31.2 Å². The molecule has 0 aromatic carbocycles. The minimum absolute atomic E-state index is 0.0250. The van der Waals surface area contributed by atoms with E-state index in [1.54, 1.807) is 6.33 Å². The van der Waals surface area contributed by atoms with E-state index in [4.69, 9.17) is 4.74 Å². The molecule has 3 rings (SSSR count). The first-order valence-electron chi connectivity index (χ1n) is 7.45. The number of anilines is 1. The van der Waals surface area contributed by atoms with Crippen molar-refractivity contribution in [2.45, 2.75) is 38.5 Å². The molecule has 20 heavy (non-hydrogen) atoms. The molecule has 1 aliphatic heterocycles. The van der Waals surface area contributed by atoms with Gasteiger partial charge in [0, 0.05) is 24.3 Å². The number of fused-ring (bicyclic) bond motifs is 1. The number of esters is 1. The Bertz CT molecular complexity index is 504. The van der Waals surface area contributed by atoms with Crippen molar-refractivity contribution in [1.29, 1.82) is 0 Å². The summed E-state index contributed by atoms with van der Waals surface area (Å²) in [5, 5.41) is 0. The third-order valence-corrected chi connectivity index (χ3v) is 4.36. The van der Waals surface area contributed by atoms with Crippen LogP contribution in [0.5, 0.6) is 0 Å². The van der Waals surface area contributed by atoms with Crippen LogP contribution in [0.15, 0.2) is 6.33 Å². The van der Waals surface area contributed by atoms with Crippen LogP contribution in [0.1, 0.15) is 36.9 Å². The molecular weight excluding hydrogens is 254 g/mol. The molecule has 1 saturated heterocycles. The smallest absolute Gasteiger partial charge is 0.310 e. The molecule has 1 atom stereocenters. The molecule has 1 aromatic rings. The van der Waals surface area contributed by atoms with Gasteiger partial charge in [-0.05, 0) is 38.5 Å². The second-order valence-electron chi connectivity index (χ2n) is 5.64. The average Bonchev–Trinajstić information content (AvgIpc) is 2.53. The number of piperidine rings is 1. The Labute approximate surface area is 119 Å². The summed E-state index contributed by atoms with van der Waals surface area (Å²) in [5.74, 6) is 0.920. The Morgan fingerprint density at radius 2 is 2.15 bits per heavy atom. The minimum atomic E-state index is -0.0994. The van der Waals surface area contributed by atoms with Crippen molar-refractivity contribution in [2.24, 2.45) is 5.92 Å². The zero-order valence-corrected chi connectivity index (χ0v) is 12.0. The first-order valence-corrected chi connectivity index (χ1v) is 7.45. The molecule has 2 aliphatic rings. The van der Waals surface area contributed by atoms with E-state index in [9.17, 15) is 4.79 Å². The molecule has 1 unspecified atom stereocenters. The molecule has 0 amide bonds. The largest absolute Gasteiger partial charge is 0.469 e. The molecule has 5 nitrogen and oxygen atoms in total. The predicted octanol–water partition coefficient (Wildman–Crippen LogP) is 1.74. The molecule has 0 radical (unpaired) electrons. The van der Waals surface area contributed by atoms with Gasteiger partial charge in [0.1, 0.15) is 12.1 Å². The highest BCUT2D eigenvalue weighted by Crippen LogP contribution is 2.30. The second kappa shape index (κ2) is 5.77. The number of carbonyl (C=O) groups is 1. The topological polar surface area (TPSA) is 55.3 Å². The number of aromatic nitrogens is 2. The molecule has 5 heteroatoms. The fraction of sp³-hybridized carbons (Fsp3) is 0.667. The molecule has 0 bridgehead atoms. The first-order chi connectivity index (χ1) is 9.79. The fourth-order valence-corrected chi connectivity index (χ4v) is 3.30. The van der Waals surface area contributed by atoms with Gasteiger partial charge in [0.2, 0.25) is 0 Å². The number of rotatable bonds is 2. The van der Waals surface area contributed by atoms with Crippen molar-refractivity contribution < 1.29 is 9.53 Å². The summed E-state index contributed by atoms with van der Waals surface area (Å²) in [7, 11) is 1.47. The van der Waals surface area contributed by atoms with Gasteiger partial charge in [0.25, 0.3) is 0 Å². The molecule has 0 N–H and O–H groups in total. The quantitative estimate of drug-likeness (QED) is 0.770. The highest BCUT2D eigenvalue weighted by atomic mass is 16.5. The molecular formula is C15H21N3O2. The van der Waals surface area contributed by atoms with E-state index < -0.39 is 0 Å². The summed E-state index contributed by atoms with van der Waals surface area (Å²) < 4.78 is 4.89. The standard InChI is InChI=1S/C15H21N3O2/c1-20-15(19)11-5-4-8-18(9-11)14-12-6-2-3-7-13(12)16-10-17-14/h10-11H,2-9H2,1H3. The summed E-state index contributed by atoms with van der Waals surface area (Å²) >= 11 is 0. The minimum Gasteiger partial charge on any atom is -0.469 e. The van der Waals surface area contributed by atoms with Gasteiger partial charge in [0.05, 0.1) is 13.0 Å². The lowest BCUT2D eigenvalue weighted by Crippen LogP contribution is -2.40. The van der Waals surface area contributed by atoms with Crippen LogP contribution in [0.25, 0.3) is 0 Å². The SMILES string of the molecule is COC(=O)C1CCCN(c2ncnc3c2CCCC3)C1. The second-order valence-corrected chi connectivity index (χ2v) is 5.64.